The van der Waals surface area contributed by atoms with Gasteiger partial charge in [0.2, 0.25) is 0 Å². The van der Waals surface area contributed by atoms with Gasteiger partial charge in [-0.3, -0.25) is 0 Å². The minimum atomic E-state index is 0.408. The zero-order chi connectivity index (χ0) is 11.5. The Morgan fingerprint density at radius 2 is 1.93 bits per heavy atom. The molecule has 2 atom stereocenters. The average Bonchev–Trinajstić information content (AvgIpc) is 2.23. The second kappa shape index (κ2) is 10.4. The summed E-state index contributed by atoms with van der Waals surface area (Å²) in [7, 11) is 3.46. The Labute approximate surface area is 93.5 Å². The highest BCUT2D eigenvalue weighted by Gasteiger charge is 2.11. The quantitative estimate of drug-likeness (QED) is 0.568. The monoisotopic (exact) mass is 218 g/mol. The number of methoxy groups -OCH3 is 2. The first-order valence-corrected chi connectivity index (χ1v) is 5.68. The van der Waals surface area contributed by atoms with Crippen LogP contribution in [-0.2, 0) is 9.47 Å². The molecule has 0 heterocycles. The Hall–Kier alpha value is -0.160. The molecule has 2 unspecified atom stereocenters. The Bertz CT molecular complexity index is 134. The molecule has 15 heavy (non-hydrogen) atoms. The van der Waals surface area contributed by atoms with E-state index in [-0.39, 0.29) is 0 Å². The lowest BCUT2D eigenvalue weighted by atomic mass is 10.1. The van der Waals surface area contributed by atoms with Crippen LogP contribution in [0.2, 0.25) is 0 Å². The minimum Gasteiger partial charge on any atom is -0.385 e. The van der Waals surface area contributed by atoms with Crippen LogP contribution in [0.25, 0.3) is 0 Å². The van der Waals surface area contributed by atoms with Gasteiger partial charge < -0.3 is 20.5 Å². The highest BCUT2D eigenvalue weighted by molar-refractivity contribution is 4.71. The Balaban J connectivity index is 3.70. The predicted octanol–water partition coefficient (Wildman–Crippen LogP) is 0.755. The van der Waals surface area contributed by atoms with E-state index in [9.17, 15) is 0 Å². The van der Waals surface area contributed by atoms with E-state index in [1.165, 1.54) is 0 Å². The van der Waals surface area contributed by atoms with Crippen LogP contribution < -0.4 is 11.1 Å². The molecule has 0 amide bonds. The molecule has 0 aromatic carbocycles. The summed E-state index contributed by atoms with van der Waals surface area (Å²) in [5.74, 6) is 0. The molecule has 92 valence electrons. The van der Waals surface area contributed by atoms with Crippen LogP contribution in [0, 0.1) is 0 Å². The molecule has 0 aliphatic carbocycles. The third-order valence-corrected chi connectivity index (χ3v) is 2.40. The molecule has 3 N–H and O–H groups in total. The van der Waals surface area contributed by atoms with Crippen molar-refractivity contribution < 1.29 is 9.47 Å². The van der Waals surface area contributed by atoms with Gasteiger partial charge in [-0.15, -0.1) is 0 Å². The van der Waals surface area contributed by atoms with Crippen molar-refractivity contribution in [3.05, 3.63) is 0 Å². The van der Waals surface area contributed by atoms with E-state index in [2.05, 4.69) is 12.2 Å². The zero-order valence-corrected chi connectivity index (χ0v) is 10.3. The van der Waals surface area contributed by atoms with E-state index in [1.54, 1.807) is 14.2 Å². The maximum Gasteiger partial charge on any atom is 0.0615 e. The summed E-state index contributed by atoms with van der Waals surface area (Å²) < 4.78 is 10.2. The van der Waals surface area contributed by atoms with Crippen molar-refractivity contribution in [3.8, 4) is 0 Å². The number of nitrogens with two attached hydrogens (primary N) is 1. The van der Waals surface area contributed by atoms with E-state index in [4.69, 9.17) is 15.2 Å². The maximum atomic E-state index is 5.50. The smallest absolute Gasteiger partial charge is 0.0615 e. The first kappa shape index (κ1) is 14.8. The molecule has 4 nitrogen and oxygen atoms in total. The summed E-state index contributed by atoms with van der Waals surface area (Å²) in [6.07, 6.45) is 3.14. The van der Waals surface area contributed by atoms with Crippen LogP contribution >= 0.6 is 0 Å². The lowest BCUT2D eigenvalue weighted by molar-refractivity contribution is 0.146. The summed E-state index contributed by atoms with van der Waals surface area (Å²) in [5, 5.41) is 3.53. The SMILES string of the molecule is COCCC(C)NC(CCCN)COC. The Kier molecular flexibility index (Phi) is 10.3. The van der Waals surface area contributed by atoms with Gasteiger partial charge in [0.1, 0.15) is 0 Å². The summed E-state index contributed by atoms with van der Waals surface area (Å²) >= 11 is 0. The summed E-state index contributed by atoms with van der Waals surface area (Å²) in [6, 6.07) is 0.869. The number of hydrogen-bond donors (Lipinski definition) is 2. The first-order valence-electron chi connectivity index (χ1n) is 5.68. The molecular weight excluding hydrogens is 192 g/mol. The molecular formula is C11H26N2O2. The first-order chi connectivity index (χ1) is 7.24. The second-order valence-electron chi connectivity index (χ2n) is 3.93. The largest absolute Gasteiger partial charge is 0.385 e. The van der Waals surface area contributed by atoms with Crippen molar-refractivity contribution >= 4 is 0 Å². The van der Waals surface area contributed by atoms with Crippen molar-refractivity contribution in [2.24, 2.45) is 5.73 Å². The predicted molar refractivity (Wildman–Crippen MR) is 63.0 cm³/mol. The lowest BCUT2D eigenvalue weighted by Gasteiger charge is -2.22. The molecule has 0 rings (SSSR count). The molecule has 0 aromatic heterocycles. The molecule has 0 bridgehead atoms. The van der Waals surface area contributed by atoms with Crippen LogP contribution in [0.15, 0.2) is 0 Å². The van der Waals surface area contributed by atoms with Crippen molar-refractivity contribution in [2.75, 3.05) is 34.0 Å². The van der Waals surface area contributed by atoms with Gasteiger partial charge in [-0.1, -0.05) is 0 Å². The molecule has 0 saturated carbocycles. The van der Waals surface area contributed by atoms with Gasteiger partial charge in [0.15, 0.2) is 0 Å². The fraction of sp³-hybridized carbons (Fsp3) is 1.00. The number of hydrogen-bond acceptors (Lipinski definition) is 4. The highest BCUT2D eigenvalue weighted by Crippen LogP contribution is 2.01. The van der Waals surface area contributed by atoms with Crippen molar-refractivity contribution in [1.82, 2.24) is 5.32 Å². The van der Waals surface area contributed by atoms with Gasteiger partial charge in [0.25, 0.3) is 0 Å². The van der Waals surface area contributed by atoms with Crippen LogP contribution in [0.5, 0.6) is 0 Å². The van der Waals surface area contributed by atoms with Gasteiger partial charge in [-0.05, 0) is 32.7 Å². The average molecular weight is 218 g/mol. The van der Waals surface area contributed by atoms with Crippen molar-refractivity contribution in [3.63, 3.8) is 0 Å². The maximum absolute atomic E-state index is 5.50. The molecule has 4 heteroatoms. The minimum absolute atomic E-state index is 0.408. The third kappa shape index (κ3) is 8.81. The second-order valence-corrected chi connectivity index (χ2v) is 3.93. The number of rotatable bonds is 10. The van der Waals surface area contributed by atoms with E-state index in [0.717, 1.165) is 39.0 Å². The molecule has 0 fully saturated rings. The summed E-state index contributed by atoms with van der Waals surface area (Å²) in [6.45, 7) is 4.46. The molecule has 0 saturated heterocycles. The molecule has 0 spiro atoms. The molecule has 0 aliphatic heterocycles. The highest BCUT2D eigenvalue weighted by atomic mass is 16.5. The molecule has 0 aliphatic rings. The van der Waals surface area contributed by atoms with Crippen molar-refractivity contribution in [1.29, 1.82) is 0 Å². The van der Waals surface area contributed by atoms with E-state index in [1.807, 2.05) is 0 Å². The van der Waals surface area contributed by atoms with E-state index in [0.29, 0.717) is 12.1 Å². The fourth-order valence-electron chi connectivity index (χ4n) is 1.56. The normalized spacial score (nSPS) is 15.2. The fourth-order valence-corrected chi connectivity index (χ4v) is 1.56. The number of ether oxygens (including phenoxy) is 2. The zero-order valence-electron chi connectivity index (χ0n) is 10.3. The third-order valence-electron chi connectivity index (χ3n) is 2.40. The van der Waals surface area contributed by atoms with Gasteiger partial charge in [0, 0.05) is 32.9 Å². The van der Waals surface area contributed by atoms with Crippen LogP contribution in [0.1, 0.15) is 26.2 Å². The summed E-state index contributed by atoms with van der Waals surface area (Å²) in [4.78, 5) is 0. The molecule has 0 aromatic rings. The number of nitrogens with one attached hydrogen (secondary N) is 1. The van der Waals surface area contributed by atoms with Crippen LogP contribution in [0.3, 0.4) is 0 Å². The van der Waals surface area contributed by atoms with Crippen LogP contribution in [-0.4, -0.2) is 46.1 Å². The summed E-state index contributed by atoms with van der Waals surface area (Å²) in [5.41, 5.74) is 5.50. The van der Waals surface area contributed by atoms with Gasteiger partial charge >= 0.3 is 0 Å². The van der Waals surface area contributed by atoms with Crippen molar-refractivity contribution in [2.45, 2.75) is 38.3 Å². The standard InChI is InChI=1S/C11H26N2O2/c1-10(6-8-14-2)13-11(9-15-3)5-4-7-12/h10-11,13H,4-9,12H2,1-3H3. The van der Waals surface area contributed by atoms with E-state index >= 15 is 0 Å². The van der Waals surface area contributed by atoms with Gasteiger partial charge in [-0.2, -0.15) is 0 Å². The Morgan fingerprint density at radius 3 is 2.47 bits per heavy atom. The Morgan fingerprint density at radius 1 is 1.20 bits per heavy atom. The molecule has 0 radical (unpaired) electrons. The van der Waals surface area contributed by atoms with Gasteiger partial charge in [-0.25, -0.2) is 0 Å². The van der Waals surface area contributed by atoms with Crippen LogP contribution in [0.4, 0.5) is 0 Å². The van der Waals surface area contributed by atoms with Gasteiger partial charge in [0.05, 0.1) is 6.61 Å². The lowest BCUT2D eigenvalue weighted by Crippen LogP contribution is -2.40. The topological polar surface area (TPSA) is 56.5 Å². The van der Waals surface area contributed by atoms with E-state index < -0.39 is 0 Å².